The summed E-state index contributed by atoms with van der Waals surface area (Å²) in [4.78, 5) is 3.41. The Bertz CT molecular complexity index is 495. The Morgan fingerprint density at radius 1 is 1.50 bits per heavy atom. The molecule has 0 aliphatic heterocycles. The maximum Gasteiger partial charge on any atom is 0.299 e. The molecule has 0 radical (unpaired) electrons. The lowest BCUT2D eigenvalue weighted by Crippen LogP contribution is -2.26. The number of hydrogen-bond donors (Lipinski definition) is 1. The average molecular weight is 245 g/mol. The Morgan fingerprint density at radius 3 is 2.78 bits per heavy atom. The highest BCUT2D eigenvalue weighted by atomic mass is 19.1. The number of rotatable bonds is 5. The van der Waals surface area contributed by atoms with Gasteiger partial charge in [0, 0.05) is 26.0 Å². The average Bonchev–Trinajstić information content (AvgIpc) is 2.32. The third-order valence-electron chi connectivity index (χ3n) is 2.52. The number of nitriles is 1. The van der Waals surface area contributed by atoms with Gasteiger partial charge in [-0.25, -0.2) is 11.0 Å². The molecular weight excluding hydrogens is 229 g/mol. The number of unbranched alkanes of at least 4 members (excludes halogenated alkanes) is 1. The van der Waals surface area contributed by atoms with Crippen LogP contribution in [0.5, 0.6) is 0 Å². The zero-order chi connectivity index (χ0) is 13.6. The molecule has 0 aromatic heterocycles. The summed E-state index contributed by atoms with van der Waals surface area (Å²) in [5.74, 6) is -0.293. The first kappa shape index (κ1) is 14.0. The van der Waals surface area contributed by atoms with Gasteiger partial charge in [0.25, 0.3) is 5.66 Å². The first-order valence-corrected chi connectivity index (χ1v) is 5.80. The third-order valence-corrected chi connectivity index (χ3v) is 2.52. The van der Waals surface area contributed by atoms with Gasteiger partial charge in [0.15, 0.2) is 0 Å². The molecule has 3 nitrogen and oxygen atoms in total. The highest BCUT2D eigenvalue weighted by Gasteiger charge is 2.21. The van der Waals surface area contributed by atoms with Crippen LogP contribution in [0, 0.1) is 23.7 Å². The second kappa shape index (κ2) is 6.02. The van der Waals surface area contributed by atoms with E-state index in [4.69, 9.17) is 11.8 Å². The highest BCUT2D eigenvalue weighted by molar-refractivity contribution is 5.47. The Hall–Kier alpha value is -2.07. The van der Waals surface area contributed by atoms with Gasteiger partial charge in [0.1, 0.15) is 5.82 Å². The molecule has 0 aliphatic rings. The predicted molar refractivity (Wildman–Crippen MR) is 69.3 cm³/mol. The summed E-state index contributed by atoms with van der Waals surface area (Å²) in [5, 5.41) is 11.4. The molecule has 0 bridgehead atoms. The van der Waals surface area contributed by atoms with E-state index in [9.17, 15) is 4.39 Å². The van der Waals surface area contributed by atoms with Crippen LogP contribution in [-0.2, 0) is 6.42 Å². The van der Waals surface area contributed by atoms with Crippen molar-refractivity contribution in [2.75, 3.05) is 5.32 Å². The topological polar surface area (TPSA) is 40.2 Å². The van der Waals surface area contributed by atoms with E-state index in [-0.39, 0.29) is 5.82 Å². The van der Waals surface area contributed by atoms with Crippen LogP contribution in [0.3, 0.4) is 0 Å². The second-order valence-corrected chi connectivity index (χ2v) is 4.61. The smallest absolute Gasteiger partial charge is 0.299 e. The van der Waals surface area contributed by atoms with Crippen LogP contribution >= 0.6 is 0 Å². The standard InChI is InChI=1S/C14H16FN3/c1-14(2,17-3)18-12-8-7-11(13(15)10-12)6-4-5-9-16/h7-8,10,18H,4-6H2,1-2H3. The number of anilines is 1. The SMILES string of the molecule is [C-]#[N+]C(C)(C)Nc1ccc(CCCC#N)c(F)c1. The van der Waals surface area contributed by atoms with Gasteiger partial charge in [0.2, 0.25) is 0 Å². The quantitative estimate of drug-likeness (QED) is 0.634. The monoisotopic (exact) mass is 245 g/mol. The van der Waals surface area contributed by atoms with E-state index in [1.165, 1.54) is 6.07 Å². The molecule has 1 aromatic carbocycles. The van der Waals surface area contributed by atoms with E-state index in [2.05, 4.69) is 10.2 Å². The maximum atomic E-state index is 13.8. The first-order chi connectivity index (χ1) is 8.48. The Labute approximate surface area is 107 Å². The van der Waals surface area contributed by atoms with Crippen molar-refractivity contribution in [2.45, 2.75) is 38.8 Å². The summed E-state index contributed by atoms with van der Waals surface area (Å²) < 4.78 is 13.8. The molecule has 1 aromatic rings. The molecule has 0 amide bonds. The number of nitrogens with zero attached hydrogens (tertiary/aromatic N) is 2. The molecule has 4 heteroatoms. The van der Waals surface area contributed by atoms with Crippen molar-refractivity contribution in [3.05, 3.63) is 41.0 Å². The summed E-state index contributed by atoms with van der Waals surface area (Å²) in [6.07, 6.45) is 1.66. The minimum atomic E-state index is -0.741. The molecule has 0 fully saturated rings. The fourth-order valence-corrected chi connectivity index (χ4v) is 1.57. The van der Waals surface area contributed by atoms with Crippen molar-refractivity contribution in [3.8, 4) is 6.07 Å². The first-order valence-electron chi connectivity index (χ1n) is 5.80. The summed E-state index contributed by atoms with van der Waals surface area (Å²) >= 11 is 0. The number of nitrogens with one attached hydrogen (secondary N) is 1. The van der Waals surface area contributed by atoms with Crippen LogP contribution in [0.15, 0.2) is 18.2 Å². The fourth-order valence-electron chi connectivity index (χ4n) is 1.57. The van der Waals surface area contributed by atoms with Crippen molar-refractivity contribution < 1.29 is 4.39 Å². The summed E-state index contributed by atoms with van der Waals surface area (Å²) in [6.45, 7) is 10.5. The second-order valence-electron chi connectivity index (χ2n) is 4.61. The molecule has 0 atom stereocenters. The third kappa shape index (κ3) is 4.07. The van der Waals surface area contributed by atoms with Crippen LogP contribution in [0.25, 0.3) is 4.85 Å². The van der Waals surface area contributed by atoms with E-state index in [0.29, 0.717) is 30.5 Å². The van der Waals surface area contributed by atoms with Crippen LogP contribution in [0.1, 0.15) is 32.3 Å². The van der Waals surface area contributed by atoms with E-state index < -0.39 is 5.66 Å². The lowest BCUT2D eigenvalue weighted by molar-refractivity contribution is 0.604. The van der Waals surface area contributed by atoms with Gasteiger partial charge in [-0.3, -0.25) is 4.85 Å². The molecule has 0 heterocycles. The van der Waals surface area contributed by atoms with Crippen LogP contribution in [0.4, 0.5) is 10.1 Å². The van der Waals surface area contributed by atoms with Crippen molar-refractivity contribution in [2.24, 2.45) is 0 Å². The van der Waals surface area contributed by atoms with Gasteiger partial charge in [0.05, 0.1) is 6.07 Å². The van der Waals surface area contributed by atoms with Crippen molar-refractivity contribution in [1.29, 1.82) is 5.26 Å². The van der Waals surface area contributed by atoms with Crippen LogP contribution in [-0.4, -0.2) is 5.66 Å². The van der Waals surface area contributed by atoms with Crippen molar-refractivity contribution in [3.63, 3.8) is 0 Å². The summed E-state index contributed by atoms with van der Waals surface area (Å²) in [7, 11) is 0. The number of aryl methyl sites for hydroxylation is 1. The van der Waals surface area contributed by atoms with Crippen LogP contribution < -0.4 is 5.32 Å². The predicted octanol–water partition coefficient (Wildman–Crippen LogP) is 3.74. The van der Waals surface area contributed by atoms with Gasteiger partial charge in [-0.15, -0.1) is 0 Å². The molecule has 94 valence electrons. The molecule has 0 spiro atoms. The number of halogens is 1. The minimum absolute atomic E-state index is 0.293. The van der Waals surface area contributed by atoms with Crippen molar-refractivity contribution in [1.82, 2.24) is 0 Å². The van der Waals surface area contributed by atoms with Crippen LogP contribution in [0.2, 0.25) is 0 Å². The Balaban J connectivity index is 2.74. The molecule has 0 saturated heterocycles. The van der Waals surface area contributed by atoms with Crippen molar-refractivity contribution >= 4 is 5.69 Å². The Morgan fingerprint density at radius 2 is 2.22 bits per heavy atom. The molecule has 1 rings (SSSR count). The number of hydrogen-bond acceptors (Lipinski definition) is 2. The fraction of sp³-hybridized carbons (Fsp3) is 0.429. The van der Waals surface area contributed by atoms with E-state index in [1.807, 2.05) is 6.07 Å². The Kier molecular flexibility index (Phi) is 4.68. The molecule has 1 N–H and O–H groups in total. The van der Waals surface area contributed by atoms with Gasteiger partial charge in [-0.2, -0.15) is 5.26 Å². The van der Waals surface area contributed by atoms with E-state index in [0.717, 1.165) is 0 Å². The molecule has 0 saturated carbocycles. The van der Waals surface area contributed by atoms with Gasteiger partial charge >= 0.3 is 0 Å². The lowest BCUT2D eigenvalue weighted by Gasteiger charge is -2.15. The molecule has 18 heavy (non-hydrogen) atoms. The van der Waals surface area contributed by atoms with Gasteiger partial charge in [-0.05, 0) is 30.5 Å². The lowest BCUT2D eigenvalue weighted by atomic mass is 10.1. The normalized spacial score (nSPS) is 10.5. The largest absolute Gasteiger partial charge is 0.315 e. The maximum absolute atomic E-state index is 13.8. The minimum Gasteiger partial charge on any atom is -0.315 e. The highest BCUT2D eigenvalue weighted by Crippen LogP contribution is 2.20. The summed E-state index contributed by atoms with van der Waals surface area (Å²) in [6, 6.07) is 6.90. The van der Waals surface area contributed by atoms with E-state index >= 15 is 0 Å². The van der Waals surface area contributed by atoms with E-state index in [1.54, 1.807) is 26.0 Å². The van der Waals surface area contributed by atoms with Gasteiger partial charge in [-0.1, -0.05) is 6.07 Å². The molecule has 0 aliphatic carbocycles. The summed E-state index contributed by atoms with van der Waals surface area (Å²) in [5.41, 5.74) is 0.461. The zero-order valence-corrected chi connectivity index (χ0v) is 10.6. The molecule has 0 unspecified atom stereocenters. The van der Waals surface area contributed by atoms with Gasteiger partial charge < -0.3 is 5.32 Å². The zero-order valence-electron chi connectivity index (χ0n) is 10.6. The molecular formula is C14H16FN3. The number of benzene rings is 1.